The number of amidine groups is 2. The van der Waals surface area contributed by atoms with Crippen molar-refractivity contribution >= 4 is 55.2 Å². The molecule has 1 aliphatic heterocycles. The lowest BCUT2D eigenvalue weighted by Crippen LogP contribution is -2.33. The summed E-state index contributed by atoms with van der Waals surface area (Å²) in [6.07, 6.45) is -0.317. The molecule has 0 saturated heterocycles. The molecular weight excluding hydrogens is 623 g/mol. The highest BCUT2D eigenvalue weighted by atomic mass is 16.3. The molecule has 4 nitrogen and oxygen atoms in total. The van der Waals surface area contributed by atoms with E-state index in [1.54, 1.807) is 0 Å². The maximum absolute atomic E-state index is 6.55. The van der Waals surface area contributed by atoms with E-state index < -0.39 is 0 Å². The molecule has 0 aliphatic carbocycles. The van der Waals surface area contributed by atoms with Crippen LogP contribution in [0.5, 0.6) is 0 Å². The summed E-state index contributed by atoms with van der Waals surface area (Å²) in [4.78, 5) is 10.4. The van der Waals surface area contributed by atoms with Gasteiger partial charge in [0.05, 0.1) is 0 Å². The second-order valence-electron chi connectivity index (χ2n) is 13.0. The van der Waals surface area contributed by atoms with Crippen molar-refractivity contribution in [2.75, 3.05) is 0 Å². The molecule has 240 valence electrons. The molecule has 0 saturated carbocycles. The van der Waals surface area contributed by atoms with E-state index in [1.807, 2.05) is 36.4 Å². The highest BCUT2D eigenvalue weighted by Gasteiger charge is 2.24. The Balaban J connectivity index is 1.07. The second-order valence-corrected chi connectivity index (χ2v) is 13.0. The third-order valence-electron chi connectivity index (χ3n) is 9.94. The molecule has 0 bridgehead atoms. The van der Waals surface area contributed by atoms with Crippen molar-refractivity contribution in [1.82, 2.24) is 5.32 Å². The summed E-state index contributed by atoms with van der Waals surface area (Å²) in [5.41, 5.74) is 9.28. The molecule has 4 heteroatoms. The van der Waals surface area contributed by atoms with Crippen molar-refractivity contribution in [2.45, 2.75) is 6.17 Å². The molecule has 0 spiro atoms. The van der Waals surface area contributed by atoms with Crippen LogP contribution in [0.4, 0.5) is 0 Å². The molecule has 10 rings (SSSR count). The van der Waals surface area contributed by atoms with E-state index in [1.165, 1.54) is 32.7 Å². The van der Waals surface area contributed by atoms with Gasteiger partial charge in [0.1, 0.15) is 23.2 Å². The van der Waals surface area contributed by atoms with Gasteiger partial charge in [-0.25, -0.2) is 9.98 Å². The van der Waals surface area contributed by atoms with Crippen molar-refractivity contribution in [3.63, 3.8) is 0 Å². The van der Waals surface area contributed by atoms with Gasteiger partial charge in [0.15, 0.2) is 5.84 Å². The van der Waals surface area contributed by atoms with Crippen molar-refractivity contribution in [2.24, 2.45) is 9.98 Å². The van der Waals surface area contributed by atoms with Crippen LogP contribution in [0.25, 0.3) is 65.7 Å². The SMILES string of the molecule is c1ccc(C2=NC(c3cccc4oc5cc(-c6ccc7c(ccc8ccccc87)c6)ccc5c34)=NC(c3ccc(-c4ccccc4)cc3)N2)cc1. The van der Waals surface area contributed by atoms with Crippen LogP contribution in [0.2, 0.25) is 0 Å². The molecule has 1 aliphatic rings. The number of nitrogens with zero attached hydrogens (tertiary/aromatic N) is 2. The van der Waals surface area contributed by atoms with Gasteiger partial charge in [-0.05, 0) is 73.6 Å². The van der Waals surface area contributed by atoms with Crippen molar-refractivity contribution in [1.29, 1.82) is 0 Å². The van der Waals surface area contributed by atoms with Crippen LogP contribution in [0.3, 0.4) is 0 Å². The van der Waals surface area contributed by atoms with Gasteiger partial charge in [-0.15, -0.1) is 0 Å². The molecule has 1 unspecified atom stereocenters. The monoisotopic (exact) mass is 653 g/mol. The number of hydrogen-bond donors (Lipinski definition) is 1. The molecule has 2 heterocycles. The van der Waals surface area contributed by atoms with Gasteiger partial charge in [0, 0.05) is 21.9 Å². The summed E-state index contributed by atoms with van der Waals surface area (Å²) in [6.45, 7) is 0. The van der Waals surface area contributed by atoms with E-state index >= 15 is 0 Å². The Bertz CT molecular complexity index is 2820. The minimum Gasteiger partial charge on any atom is -0.456 e. The first-order valence-electron chi connectivity index (χ1n) is 17.3. The number of fused-ring (bicyclic) bond motifs is 6. The average Bonchev–Trinajstić information content (AvgIpc) is 3.59. The molecule has 1 atom stereocenters. The maximum Gasteiger partial charge on any atom is 0.160 e. The van der Waals surface area contributed by atoms with E-state index in [2.05, 4.69) is 145 Å². The Kier molecular flexibility index (Phi) is 6.85. The minimum absolute atomic E-state index is 0.317. The number of rotatable bonds is 5. The predicted molar refractivity (Wildman–Crippen MR) is 211 cm³/mol. The summed E-state index contributed by atoms with van der Waals surface area (Å²) in [6, 6.07) is 61.7. The lowest BCUT2D eigenvalue weighted by molar-refractivity contribution is 0.668. The summed E-state index contributed by atoms with van der Waals surface area (Å²) in [5.74, 6) is 1.46. The van der Waals surface area contributed by atoms with E-state index in [4.69, 9.17) is 14.4 Å². The first-order valence-corrected chi connectivity index (χ1v) is 17.3. The van der Waals surface area contributed by atoms with Crippen LogP contribution in [0, 0.1) is 0 Å². The van der Waals surface area contributed by atoms with Crippen molar-refractivity contribution in [3.05, 3.63) is 193 Å². The quantitative estimate of drug-likeness (QED) is 0.188. The normalized spacial score (nSPS) is 14.5. The molecule has 8 aromatic carbocycles. The summed E-state index contributed by atoms with van der Waals surface area (Å²) in [5, 5.41) is 10.7. The van der Waals surface area contributed by atoms with E-state index in [9.17, 15) is 0 Å². The smallest absolute Gasteiger partial charge is 0.160 e. The third kappa shape index (κ3) is 5.17. The highest BCUT2D eigenvalue weighted by molar-refractivity contribution is 6.22. The van der Waals surface area contributed by atoms with Gasteiger partial charge in [0.25, 0.3) is 0 Å². The average molecular weight is 654 g/mol. The highest BCUT2D eigenvalue weighted by Crippen LogP contribution is 2.37. The fourth-order valence-electron chi connectivity index (χ4n) is 7.36. The maximum atomic E-state index is 6.55. The van der Waals surface area contributed by atoms with Crippen LogP contribution in [0.15, 0.2) is 190 Å². The number of benzene rings is 8. The number of nitrogens with one attached hydrogen (secondary N) is 1. The van der Waals surface area contributed by atoms with Gasteiger partial charge < -0.3 is 9.73 Å². The standard InChI is InChI=1S/C47H31N3O/c1-3-10-30(11-4-1)31-18-21-34(22-19-31)46-48-45(33-13-5-2-6-14-33)49-47(50-46)41-16-9-17-42-44(41)40-27-25-36(29-43(40)51-42)35-24-26-39-37(28-35)23-20-32-12-7-8-15-38(32)39/h1-29,46H,(H,48,49,50). The Hall–Kier alpha value is -6.78. The third-order valence-corrected chi connectivity index (χ3v) is 9.94. The van der Waals surface area contributed by atoms with Gasteiger partial charge in [-0.3, -0.25) is 0 Å². The van der Waals surface area contributed by atoms with Gasteiger partial charge in [-0.2, -0.15) is 0 Å². The first-order chi connectivity index (χ1) is 25.2. The molecule has 1 aromatic heterocycles. The van der Waals surface area contributed by atoms with Crippen LogP contribution in [-0.2, 0) is 0 Å². The number of hydrogen-bond acceptors (Lipinski definition) is 4. The summed E-state index contributed by atoms with van der Waals surface area (Å²) >= 11 is 0. The Morgan fingerprint density at radius 2 is 1.10 bits per heavy atom. The predicted octanol–water partition coefficient (Wildman–Crippen LogP) is 11.7. The zero-order valence-electron chi connectivity index (χ0n) is 27.6. The second kappa shape index (κ2) is 12.0. The zero-order chi connectivity index (χ0) is 33.7. The minimum atomic E-state index is -0.317. The van der Waals surface area contributed by atoms with Crippen LogP contribution in [-0.4, -0.2) is 11.7 Å². The first kappa shape index (κ1) is 29.2. The Labute approximate surface area is 295 Å². The fraction of sp³-hybridized carbons (Fsp3) is 0.0213. The van der Waals surface area contributed by atoms with E-state index in [0.717, 1.165) is 55.6 Å². The van der Waals surface area contributed by atoms with Gasteiger partial charge in [0.2, 0.25) is 0 Å². The molecule has 0 radical (unpaired) electrons. The van der Waals surface area contributed by atoms with E-state index in [-0.39, 0.29) is 6.17 Å². The number of furan rings is 1. The van der Waals surface area contributed by atoms with Gasteiger partial charge >= 0.3 is 0 Å². The molecule has 1 N–H and O–H groups in total. The van der Waals surface area contributed by atoms with Crippen LogP contribution in [0.1, 0.15) is 22.9 Å². The Morgan fingerprint density at radius 1 is 0.451 bits per heavy atom. The fourth-order valence-corrected chi connectivity index (χ4v) is 7.36. The Morgan fingerprint density at radius 3 is 1.92 bits per heavy atom. The number of aliphatic imine (C=N–C) groups is 2. The molecule has 0 fully saturated rings. The van der Waals surface area contributed by atoms with Crippen molar-refractivity contribution in [3.8, 4) is 22.3 Å². The molecule has 51 heavy (non-hydrogen) atoms. The van der Waals surface area contributed by atoms with Crippen LogP contribution < -0.4 is 5.32 Å². The molecule has 9 aromatic rings. The summed E-state index contributed by atoms with van der Waals surface area (Å²) < 4.78 is 6.55. The van der Waals surface area contributed by atoms with E-state index in [0.29, 0.717) is 5.84 Å². The largest absolute Gasteiger partial charge is 0.456 e. The molecule has 0 amide bonds. The van der Waals surface area contributed by atoms with Crippen LogP contribution >= 0.6 is 0 Å². The molecular formula is C47H31N3O. The van der Waals surface area contributed by atoms with Crippen molar-refractivity contribution < 1.29 is 4.42 Å². The lowest BCUT2D eigenvalue weighted by Gasteiger charge is -2.24. The topological polar surface area (TPSA) is 49.9 Å². The lowest BCUT2D eigenvalue weighted by atomic mass is 9.96. The zero-order valence-corrected chi connectivity index (χ0v) is 27.6. The summed E-state index contributed by atoms with van der Waals surface area (Å²) in [7, 11) is 0. The van der Waals surface area contributed by atoms with Gasteiger partial charge in [-0.1, -0.05) is 152 Å².